The van der Waals surface area contributed by atoms with E-state index in [2.05, 4.69) is 20.8 Å². The van der Waals surface area contributed by atoms with Crippen molar-refractivity contribution >= 4 is 0 Å². The second-order valence-corrected chi connectivity index (χ2v) is 18.4. The molecule has 0 amide bonds. The summed E-state index contributed by atoms with van der Waals surface area (Å²) in [5.41, 5.74) is 1.59. The van der Waals surface area contributed by atoms with Gasteiger partial charge in [0, 0.05) is 0 Å². The van der Waals surface area contributed by atoms with Gasteiger partial charge < -0.3 is 14.2 Å². The van der Waals surface area contributed by atoms with E-state index in [1.54, 1.807) is 43.3 Å². The van der Waals surface area contributed by atoms with Crippen molar-refractivity contribution in [3.63, 3.8) is 0 Å². The Morgan fingerprint density at radius 1 is 0.397 bits per heavy atom. The van der Waals surface area contributed by atoms with E-state index in [9.17, 15) is 26.3 Å². The van der Waals surface area contributed by atoms with Crippen molar-refractivity contribution in [3.05, 3.63) is 88.0 Å². The second kappa shape index (κ2) is 27.8. The van der Waals surface area contributed by atoms with Crippen LogP contribution in [0.5, 0.6) is 17.2 Å². The molecule has 0 bridgehead atoms. The van der Waals surface area contributed by atoms with Crippen LogP contribution < -0.4 is 14.2 Å². The van der Waals surface area contributed by atoms with E-state index < -0.39 is 34.9 Å². The first-order valence-electron chi connectivity index (χ1n) is 24.7. The van der Waals surface area contributed by atoms with Gasteiger partial charge in [-0.3, -0.25) is 0 Å². The van der Waals surface area contributed by atoms with Crippen molar-refractivity contribution in [2.45, 2.75) is 194 Å². The van der Waals surface area contributed by atoms with E-state index in [4.69, 9.17) is 14.2 Å². The Morgan fingerprint density at radius 3 is 1.13 bits per heavy atom. The van der Waals surface area contributed by atoms with Gasteiger partial charge in [0.25, 0.3) is 0 Å². The van der Waals surface area contributed by atoms with Crippen molar-refractivity contribution in [2.75, 3.05) is 20.3 Å². The average molecular weight is 889 g/mol. The minimum atomic E-state index is -0.847. The Bertz CT molecular complexity index is 1760. The molecule has 63 heavy (non-hydrogen) atoms. The molecule has 0 aromatic heterocycles. The Kier molecular flexibility index (Phi) is 23.1. The number of halogens is 6. The molecule has 0 spiro atoms. The van der Waals surface area contributed by atoms with Gasteiger partial charge in [0.15, 0.2) is 34.7 Å². The molecule has 3 fully saturated rings. The predicted molar refractivity (Wildman–Crippen MR) is 245 cm³/mol. The van der Waals surface area contributed by atoms with Gasteiger partial charge in [-0.15, -0.1) is 0 Å². The summed E-state index contributed by atoms with van der Waals surface area (Å²) < 4.78 is 99.7. The summed E-state index contributed by atoms with van der Waals surface area (Å²) in [6, 6.07) is 9.83. The van der Waals surface area contributed by atoms with Crippen LogP contribution >= 0.6 is 0 Å². The van der Waals surface area contributed by atoms with E-state index >= 15 is 0 Å². The molecule has 3 saturated carbocycles. The summed E-state index contributed by atoms with van der Waals surface area (Å²) in [5.74, 6) is -1.77. The maximum Gasteiger partial charge on any atom is 0.200 e. The SMILES string of the molecule is CCCC1CCC(c2ccc(OCC)c(F)c2F)CC1.CCCCCC1CCC(c2ccc(OC)c(F)c2F)CC1.CCCCOc1ccc(C2CCC(CCC)CC2)c(F)c1F. The molecule has 3 aliphatic rings. The maximum atomic E-state index is 14.3. The minimum Gasteiger partial charge on any atom is -0.494 e. The Balaban J connectivity index is 0.000000208. The van der Waals surface area contributed by atoms with Gasteiger partial charge in [-0.1, -0.05) is 104 Å². The van der Waals surface area contributed by atoms with Crippen LogP contribution in [0.1, 0.15) is 210 Å². The zero-order chi connectivity index (χ0) is 45.7. The molecular formula is C54H78F6O3. The smallest absolute Gasteiger partial charge is 0.200 e. The number of hydrogen-bond donors (Lipinski definition) is 0. The molecule has 0 aliphatic heterocycles. The largest absolute Gasteiger partial charge is 0.494 e. The number of unbranched alkanes of at least 4 members (excludes halogenated alkanes) is 3. The Labute approximate surface area is 376 Å². The van der Waals surface area contributed by atoms with Crippen molar-refractivity contribution in [1.29, 1.82) is 0 Å². The highest BCUT2D eigenvalue weighted by molar-refractivity contribution is 5.35. The van der Waals surface area contributed by atoms with Gasteiger partial charge in [0.05, 0.1) is 20.3 Å². The molecule has 0 radical (unpaired) electrons. The van der Waals surface area contributed by atoms with Crippen molar-refractivity contribution in [3.8, 4) is 17.2 Å². The highest BCUT2D eigenvalue weighted by atomic mass is 19.2. The summed E-state index contributed by atoms with van der Waals surface area (Å²) in [7, 11) is 1.36. The lowest BCUT2D eigenvalue weighted by molar-refractivity contribution is 0.283. The third kappa shape index (κ3) is 15.4. The standard InChI is InChI=1S/C19H28F2O.C18H26F2O.C17H24F2O/c1-3-5-13-22-17-12-11-16(18(20)19(17)21)15-9-7-14(6-4-2)8-10-15;1-3-4-5-6-13-7-9-14(10-8-13)15-11-12-16(21-2)18(20)17(15)19;1-3-5-12-6-8-13(9-7-12)14-10-11-15(20-4-2)17(19)16(14)18/h11-12,14-15H,3-10,13H2,1-2H3;11-14H,3-10H2,1-2H3;10-13H,3-9H2,1-2H3. The van der Waals surface area contributed by atoms with E-state index in [1.165, 1.54) is 58.5 Å². The molecule has 6 rings (SSSR count). The summed E-state index contributed by atoms with van der Waals surface area (Å²) in [4.78, 5) is 0. The molecule has 0 atom stereocenters. The number of ether oxygens (including phenoxy) is 3. The number of methoxy groups -OCH3 is 1. The quantitative estimate of drug-likeness (QED) is 0.0941. The first-order valence-corrected chi connectivity index (χ1v) is 24.7. The van der Waals surface area contributed by atoms with Crippen LogP contribution in [-0.4, -0.2) is 20.3 Å². The average Bonchev–Trinajstić information content (AvgIpc) is 3.30. The predicted octanol–water partition coefficient (Wildman–Crippen LogP) is 17.5. The van der Waals surface area contributed by atoms with Gasteiger partial charge in [0.2, 0.25) is 17.5 Å². The molecule has 3 nitrogen and oxygen atoms in total. The maximum absolute atomic E-state index is 14.3. The van der Waals surface area contributed by atoms with Gasteiger partial charge >= 0.3 is 0 Å². The second-order valence-electron chi connectivity index (χ2n) is 18.4. The van der Waals surface area contributed by atoms with Crippen molar-refractivity contribution in [2.24, 2.45) is 17.8 Å². The highest BCUT2D eigenvalue weighted by Gasteiger charge is 2.29. The molecule has 9 heteroatoms. The molecule has 354 valence electrons. The minimum absolute atomic E-state index is 0.00972. The topological polar surface area (TPSA) is 27.7 Å². The summed E-state index contributed by atoms with van der Waals surface area (Å²) in [5, 5.41) is 0. The van der Waals surface area contributed by atoms with E-state index in [1.807, 2.05) is 6.92 Å². The van der Waals surface area contributed by atoms with Gasteiger partial charge in [-0.05, 0) is 161 Å². The van der Waals surface area contributed by atoms with Crippen molar-refractivity contribution < 1.29 is 40.6 Å². The van der Waals surface area contributed by atoms with E-state index in [0.29, 0.717) is 29.9 Å². The van der Waals surface area contributed by atoms with Crippen LogP contribution in [0.4, 0.5) is 26.3 Å². The molecule has 3 aromatic rings. The number of rotatable bonds is 18. The molecule has 0 heterocycles. The normalized spacial score (nSPS) is 22.3. The van der Waals surface area contributed by atoms with Crippen LogP contribution in [0.2, 0.25) is 0 Å². The molecule has 0 N–H and O–H groups in total. The fourth-order valence-corrected chi connectivity index (χ4v) is 10.2. The Morgan fingerprint density at radius 2 is 0.762 bits per heavy atom. The van der Waals surface area contributed by atoms with Crippen LogP contribution in [0.25, 0.3) is 0 Å². The van der Waals surface area contributed by atoms with Crippen LogP contribution in [0.3, 0.4) is 0 Å². The van der Waals surface area contributed by atoms with Crippen LogP contribution in [-0.2, 0) is 0 Å². The zero-order valence-electron chi connectivity index (χ0n) is 39.4. The Hall–Kier alpha value is -3.36. The summed E-state index contributed by atoms with van der Waals surface area (Å²) in [6.45, 7) is 11.2. The van der Waals surface area contributed by atoms with Crippen LogP contribution in [0.15, 0.2) is 36.4 Å². The lowest BCUT2D eigenvalue weighted by atomic mass is 9.77. The lowest BCUT2D eigenvalue weighted by Crippen LogP contribution is -2.15. The van der Waals surface area contributed by atoms with Gasteiger partial charge in [0.1, 0.15) is 0 Å². The molecule has 3 aliphatic carbocycles. The molecule has 0 unspecified atom stereocenters. The molecule has 3 aromatic carbocycles. The fourth-order valence-electron chi connectivity index (χ4n) is 10.2. The first-order chi connectivity index (χ1) is 30.5. The van der Waals surface area contributed by atoms with Gasteiger partial charge in [-0.2, -0.15) is 13.2 Å². The summed E-state index contributed by atoms with van der Waals surface area (Å²) in [6.07, 6.45) is 24.5. The fraction of sp³-hybridized carbons (Fsp3) is 0.667. The number of hydrogen-bond acceptors (Lipinski definition) is 3. The monoisotopic (exact) mass is 889 g/mol. The molecular weight excluding hydrogens is 811 g/mol. The number of benzene rings is 3. The zero-order valence-corrected chi connectivity index (χ0v) is 39.4. The van der Waals surface area contributed by atoms with Crippen molar-refractivity contribution in [1.82, 2.24) is 0 Å². The first kappa shape index (κ1) is 52.3. The molecule has 0 saturated heterocycles. The van der Waals surface area contributed by atoms with E-state index in [-0.39, 0.29) is 35.0 Å². The van der Waals surface area contributed by atoms with Gasteiger partial charge in [-0.25, -0.2) is 13.2 Å². The lowest BCUT2D eigenvalue weighted by Gasteiger charge is -2.29. The highest BCUT2D eigenvalue weighted by Crippen LogP contribution is 2.42. The van der Waals surface area contributed by atoms with Crippen LogP contribution in [0, 0.1) is 52.7 Å². The van der Waals surface area contributed by atoms with E-state index in [0.717, 1.165) is 108 Å². The summed E-state index contributed by atoms with van der Waals surface area (Å²) >= 11 is 0. The third-order valence-corrected chi connectivity index (χ3v) is 14.0. The third-order valence-electron chi connectivity index (χ3n) is 14.0.